The Labute approximate surface area is 851 Å². The number of aliphatic hydroxyl groups is 1. The lowest BCUT2D eigenvalue weighted by molar-refractivity contribution is -0.150. The molecule has 2 N–H and O–H groups in total. The van der Waals surface area contributed by atoms with E-state index in [1.165, 1.54) is 96.0 Å². The molecule has 6 aromatic rings. The molecule has 143 heavy (non-hydrogen) atoms. The van der Waals surface area contributed by atoms with E-state index in [1.54, 1.807) is 13.0 Å². The topological polar surface area (TPSA) is 127 Å². The second-order valence-electron chi connectivity index (χ2n) is 42.6. The van der Waals surface area contributed by atoms with Gasteiger partial charge in [0, 0.05) is 23.5 Å². The van der Waals surface area contributed by atoms with Crippen molar-refractivity contribution in [2.45, 2.75) is 345 Å². The molecule has 6 aromatic carbocycles. The zero-order chi connectivity index (χ0) is 103. The zero-order valence-corrected chi connectivity index (χ0v) is 86.7. The Kier molecular flexibility index (Phi) is 45.8. The maximum atomic E-state index is 13.9. The average Bonchev–Trinajstić information content (AvgIpc) is 1.61. The van der Waals surface area contributed by atoms with Crippen LogP contribution in [0.15, 0.2) is 54.1 Å². The Morgan fingerprint density at radius 1 is 0.350 bits per heavy atom. The minimum absolute atomic E-state index is 0. The van der Waals surface area contributed by atoms with Gasteiger partial charge in [-0.25, -0.2) is 79.0 Å². The van der Waals surface area contributed by atoms with Crippen LogP contribution in [0, 0.1) is 217 Å². The van der Waals surface area contributed by atoms with Crippen molar-refractivity contribution in [3.05, 3.63) is 214 Å². The number of carbonyl (C=O) groups is 4. The number of aliphatic carboxylic acids is 1. The largest absolute Gasteiger partial charge is 1.00 e. The maximum absolute atomic E-state index is 13.9. The fourth-order valence-corrected chi connectivity index (χ4v) is 25.3. The van der Waals surface area contributed by atoms with Crippen LogP contribution in [-0.2, 0) is 68.8 Å². The molecule has 11 aliphatic carbocycles. The van der Waals surface area contributed by atoms with Crippen LogP contribution in [0.25, 0.3) is 6.08 Å². The third kappa shape index (κ3) is 30.5. The molecule has 27 heteroatoms. The summed E-state index contributed by atoms with van der Waals surface area (Å²) in [4.78, 5) is 47.5. The number of allylic oxidation sites excluding steroid dienone is 1. The Morgan fingerprint density at radius 3 is 1.16 bits per heavy atom. The van der Waals surface area contributed by atoms with Gasteiger partial charge in [-0.2, -0.15) is 0 Å². The van der Waals surface area contributed by atoms with Gasteiger partial charge in [-0.15, -0.1) is 0 Å². The highest BCUT2D eigenvalue weighted by molar-refractivity contribution is 6.02. The number of ether oxygens (including phenoxy) is 2. The molecule has 6 unspecified atom stereocenters. The SMILES string of the molecule is CCC1CCC(C(Cc2cc(F)c(F)c(F)c2)C(=O)O)CC1.CCC1CCC(C2=Cc3c(cc(F)c(F)c3F)C2)CC1.CCC1CCC(C2Cc3cc(F)c(F)c(F)c3C2)CC1.CCC1CCC(C2Cc3cc(F)c(F)c(F)c3C2=O)CC1.CCC1CCC(C2Cc3cc(F)c(F)c(F)c3C2O)CC1.CCOC(=O)C(Cc1cc(F)c(F)c(F)c1)C1CCC(CC)CC1.CCOC(=O)CC1CCC(CC)CC1.[I-]. The fraction of sp³-hybridized carbons (Fsp3) is 0.638. The van der Waals surface area contributed by atoms with E-state index in [4.69, 9.17) is 9.47 Å². The predicted octanol–water partition coefficient (Wildman–Crippen LogP) is 29.3. The summed E-state index contributed by atoms with van der Waals surface area (Å²) >= 11 is 0. The van der Waals surface area contributed by atoms with Crippen LogP contribution >= 0.6 is 0 Å². The number of esters is 2. The van der Waals surface area contributed by atoms with Gasteiger partial charge in [0.2, 0.25) is 0 Å². The normalized spacial score (nSPS) is 26.6. The predicted molar refractivity (Wildman–Crippen MR) is 514 cm³/mol. The number of rotatable bonds is 23. The van der Waals surface area contributed by atoms with E-state index < -0.39 is 129 Å². The molecule has 17 rings (SSSR count). The number of carboxylic acids is 1. The minimum Gasteiger partial charge on any atom is -1.00 e. The van der Waals surface area contributed by atoms with E-state index in [0.717, 1.165) is 207 Å². The Balaban J connectivity index is 0.000000172. The van der Waals surface area contributed by atoms with Gasteiger partial charge in [-0.3, -0.25) is 19.2 Å². The molecular weight excluding hydrogens is 1990 g/mol. The first-order chi connectivity index (χ1) is 67.9. The fourth-order valence-electron chi connectivity index (χ4n) is 25.3. The van der Waals surface area contributed by atoms with Crippen LogP contribution < -0.4 is 24.0 Å². The standard InChI is InChI=1S/C19H25F3O2.C17H21F3O2.C17H21F3O.C17H19F3O.C17H21F3.C17H19F3.C12H22O2.HI/c1-3-12-5-7-14(8-6-12)15(19(23)24-4-2)9-13-10-16(20)18(22)17(21)11-13;1-2-10-3-5-12(6-4-10)13(17(21)22)7-11-8-14(18)16(20)15(19)9-11;2*1-2-9-3-5-10(6-4-9)12-7-11-8-13(18)15(19)16(20)14(11)17(12)21;2*1-2-10-3-5-11(6-4-10)12-7-13-9-15(18)17(20)16(19)14(13)8-12;1-3-10-5-7-11(8-6-10)9-12(13)14-4-2;/h10-12,14-15H,3-9H2,1-2H3;8-10,12-13H,2-7H2,1H3,(H,21,22);8-10,12,17,21H,2-7H2,1H3;8-10,12H,2-7H2,1H3;9-12H,2-8H2,1H3;8-11H,2-7H2,1H3;10-11H,3-9H2,1-2H3;1H/p-1. The number of ketones is 1. The quantitative estimate of drug-likeness (QED) is 0.0281. The number of hydrogen-bond donors (Lipinski definition) is 2. The van der Waals surface area contributed by atoms with E-state index in [1.807, 2.05) is 6.92 Å². The van der Waals surface area contributed by atoms with Gasteiger partial charge >= 0.3 is 17.9 Å². The van der Waals surface area contributed by atoms with Gasteiger partial charge in [0.15, 0.2) is 110 Å². The number of carboxylic acid groups (broad SMARTS) is 1. The molecular formula is C116H148F18IO8-. The summed E-state index contributed by atoms with van der Waals surface area (Å²) < 4.78 is 251. The zero-order valence-electron chi connectivity index (χ0n) is 84.6. The number of fused-ring (bicyclic) bond motifs is 4. The summed E-state index contributed by atoms with van der Waals surface area (Å²) in [5.41, 5.74) is 4.14. The summed E-state index contributed by atoms with van der Waals surface area (Å²) in [6, 6.07) is 8.13. The molecule has 7 saturated carbocycles. The van der Waals surface area contributed by atoms with Crippen molar-refractivity contribution in [3.63, 3.8) is 0 Å². The van der Waals surface area contributed by atoms with E-state index >= 15 is 0 Å². The van der Waals surface area contributed by atoms with Crippen molar-refractivity contribution in [1.82, 2.24) is 0 Å². The van der Waals surface area contributed by atoms with Crippen molar-refractivity contribution in [3.8, 4) is 0 Å². The lowest BCUT2D eigenvalue weighted by Gasteiger charge is -2.33. The first kappa shape index (κ1) is 117. The van der Waals surface area contributed by atoms with E-state index in [0.29, 0.717) is 126 Å². The maximum Gasteiger partial charge on any atom is 0.309 e. The third-order valence-corrected chi connectivity index (χ3v) is 34.5. The summed E-state index contributed by atoms with van der Waals surface area (Å²) in [6.07, 6.45) is 43.1. The van der Waals surface area contributed by atoms with Gasteiger partial charge < -0.3 is 43.7 Å². The van der Waals surface area contributed by atoms with Crippen LogP contribution in [-0.4, -0.2) is 47.1 Å². The molecule has 0 heterocycles. The van der Waals surface area contributed by atoms with Crippen LogP contribution in [0.4, 0.5) is 79.0 Å². The monoisotopic (exact) mass is 2140 g/mol. The summed E-state index contributed by atoms with van der Waals surface area (Å²) in [6.45, 7) is 19.8. The second kappa shape index (κ2) is 55.7. The molecule has 0 saturated heterocycles. The van der Waals surface area contributed by atoms with Gasteiger partial charge in [-0.1, -0.05) is 182 Å². The molecule has 0 spiro atoms. The van der Waals surface area contributed by atoms with Crippen LogP contribution in [0.5, 0.6) is 0 Å². The molecule has 0 aliphatic heterocycles. The van der Waals surface area contributed by atoms with Crippen molar-refractivity contribution in [2.24, 2.45) is 112 Å². The number of aliphatic hydroxyl groups excluding tert-OH is 1. The highest BCUT2D eigenvalue weighted by Gasteiger charge is 2.45. The van der Waals surface area contributed by atoms with E-state index in [-0.39, 0.29) is 113 Å². The highest BCUT2D eigenvalue weighted by Crippen LogP contribution is 2.51. The molecule has 794 valence electrons. The number of Topliss-reactive ketones (excluding diaryl/α,β-unsaturated/α-hetero) is 1. The summed E-state index contributed by atoms with van der Waals surface area (Å²) in [5, 5.41) is 19.8. The highest BCUT2D eigenvalue weighted by atomic mass is 127. The van der Waals surface area contributed by atoms with Gasteiger partial charge in [0.05, 0.1) is 36.7 Å². The number of halogens is 19. The minimum atomic E-state index is -1.53. The van der Waals surface area contributed by atoms with Crippen molar-refractivity contribution in [1.29, 1.82) is 0 Å². The third-order valence-electron chi connectivity index (χ3n) is 34.5. The average molecular weight is 2140 g/mol. The van der Waals surface area contributed by atoms with Crippen molar-refractivity contribution >= 4 is 29.8 Å². The van der Waals surface area contributed by atoms with Gasteiger partial charge in [0.25, 0.3) is 0 Å². The molecule has 0 radical (unpaired) electrons. The molecule has 6 atom stereocenters. The van der Waals surface area contributed by atoms with Gasteiger partial charge in [-0.05, 0) is 344 Å². The summed E-state index contributed by atoms with van der Waals surface area (Å²) in [5.74, 6) is -17.7. The van der Waals surface area contributed by atoms with Gasteiger partial charge in [0.1, 0.15) is 0 Å². The van der Waals surface area contributed by atoms with E-state index in [2.05, 4.69) is 48.5 Å². The Morgan fingerprint density at radius 2 is 0.713 bits per heavy atom. The number of hydrogen-bond acceptors (Lipinski definition) is 7. The number of benzene rings is 6. The Bertz CT molecular complexity index is 5150. The lowest BCUT2D eigenvalue weighted by Crippen LogP contribution is -3.00. The number of carbonyl (C=O) groups excluding carboxylic acids is 3. The summed E-state index contributed by atoms with van der Waals surface area (Å²) in [7, 11) is 0. The molecule has 0 aromatic heterocycles. The van der Waals surface area contributed by atoms with Crippen LogP contribution in [0.2, 0.25) is 0 Å². The molecule has 0 bridgehead atoms. The van der Waals surface area contributed by atoms with Crippen molar-refractivity contribution < 1.29 is 142 Å². The first-order valence-electron chi connectivity index (χ1n) is 53.3. The molecule has 0 amide bonds. The lowest BCUT2D eigenvalue weighted by atomic mass is 9.73. The first-order valence-corrected chi connectivity index (χ1v) is 53.3. The second-order valence-corrected chi connectivity index (χ2v) is 42.6. The Hall–Kier alpha value is -7.43. The molecule has 8 nitrogen and oxygen atoms in total. The molecule has 7 fully saturated rings. The van der Waals surface area contributed by atoms with Crippen LogP contribution in [0.3, 0.4) is 0 Å². The molecule has 11 aliphatic rings. The van der Waals surface area contributed by atoms with Crippen LogP contribution in [0.1, 0.15) is 360 Å². The van der Waals surface area contributed by atoms with E-state index in [9.17, 15) is 108 Å². The van der Waals surface area contributed by atoms with Crippen molar-refractivity contribution in [2.75, 3.05) is 13.2 Å². The smallest absolute Gasteiger partial charge is 0.309 e.